The molecule has 126 valence electrons. The van der Waals surface area contributed by atoms with Crippen LogP contribution >= 0.6 is 0 Å². The van der Waals surface area contributed by atoms with Gasteiger partial charge < -0.3 is 15.2 Å². The molecule has 3 rings (SSSR count). The second-order valence-electron chi connectivity index (χ2n) is 5.80. The fraction of sp³-hybridized carbons (Fsp3) is 0.353. The highest BCUT2D eigenvalue weighted by Gasteiger charge is 2.32. The number of ether oxygens (including phenoxy) is 1. The summed E-state index contributed by atoms with van der Waals surface area (Å²) in [5.41, 5.74) is 0.356. The van der Waals surface area contributed by atoms with E-state index >= 15 is 0 Å². The lowest BCUT2D eigenvalue weighted by Crippen LogP contribution is -2.48. The molecule has 24 heavy (non-hydrogen) atoms. The maximum absolute atomic E-state index is 13.8. The highest BCUT2D eigenvalue weighted by molar-refractivity contribution is 6.06. The monoisotopic (exact) mass is 332 g/mol. The standard InChI is InChI=1S/C17H17FN2O4/c18-12-7-10-3-1-5-19-14(10)13(8-12)16(21)20-15(17(22)23)11-4-2-6-24-9-11/h1,3,5,7-8,11,15H,2,4,6,9H2,(H,20,21)(H,22,23). The zero-order chi connectivity index (χ0) is 17.1. The molecule has 2 heterocycles. The molecular formula is C17H17FN2O4. The van der Waals surface area contributed by atoms with E-state index in [4.69, 9.17) is 4.74 Å². The molecule has 6 nitrogen and oxygen atoms in total. The van der Waals surface area contributed by atoms with Crippen LogP contribution in [0.15, 0.2) is 30.5 Å². The predicted octanol–water partition coefficient (Wildman–Crippen LogP) is 1.98. The van der Waals surface area contributed by atoms with Gasteiger partial charge in [-0.05, 0) is 31.0 Å². The smallest absolute Gasteiger partial charge is 0.326 e. The zero-order valence-corrected chi connectivity index (χ0v) is 12.9. The summed E-state index contributed by atoms with van der Waals surface area (Å²) in [5.74, 6) is -2.68. The van der Waals surface area contributed by atoms with Crippen molar-refractivity contribution >= 4 is 22.8 Å². The van der Waals surface area contributed by atoms with E-state index < -0.39 is 23.7 Å². The van der Waals surface area contributed by atoms with Crippen LogP contribution in [0.4, 0.5) is 4.39 Å². The van der Waals surface area contributed by atoms with Gasteiger partial charge in [0, 0.05) is 24.1 Å². The highest BCUT2D eigenvalue weighted by atomic mass is 19.1. The lowest BCUT2D eigenvalue weighted by atomic mass is 9.93. The van der Waals surface area contributed by atoms with Crippen molar-refractivity contribution in [3.63, 3.8) is 0 Å². The summed E-state index contributed by atoms with van der Waals surface area (Å²) < 4.78 is 19.1. The van der Waals surface area contributed by atoms with Crippen LogP contribution in [0.1, 0.15) is 23.2 Å². The van der Waals surface area contributed by atoms with Crippen molar-refractivity contribution in [1.29, 1.82) is 0 Å². The van der Waals surface area contributed by atoms with Crippen LogP contribution in [0.2, 0.25) is 0 Å². The van der Waals surface area contributed by atoms with E-state index in [0.717, 1.165) is 12.5 Å². The lowest BCUT2D eigenvalue weighted by Gasteiger charge is -2.28. The quantitative estimate of drug-likeness (QED) is 0.894. The van der Waals surface area contributed by atoms with Crippen molar-refractivity contribution in [2.75, 3.05) is 13.2 Å². The lowest BCUT2D eigenvalue weighted by molar-refractivity contribution is -0.142. The topological polar surface area (TPSA) is 88.5 Å². The average Bonchev–Trinajstić information content (AvgIpc) is 2.59. The van der Waals surface area contributed by atoms with E-state index in [1.165, 1.54) is 12.3 Å². The Bertz CT molecular complexity index is 774. The molecule has 1 aliphatic rings. The first kappa shape index (κ1) is 16.3. The number of carboxylic acids is 1. The number of fused-ring (bicyclic) bond motifs is 1. The van der Waals surface area contributed by atoms with Gasteiger partial charge in [-0.3, -0.25) is 9.78 Å². The van der Waals surface area contributed by atoms with Crippen LogP contribution < -0.4 is 5.32 Å². The third kappa shape index (κ3) is 3.35. The largest absolute Gasteiger partial charge is 0.480 e. The number of halogens is 1. The molecule has 1 fully saturated rings. The van der Waals surface area contributed by atoms with E-state index in [1.54, 1.807) is 12.1 Å². The van der Waals surface area contributed by atoms with Crippen LogP contribution in [0.5, 0.6) is 0 Å². The second kappa shape index (κ2) is 6.92. The van der Waals surface area contributed by atoms with Crippen molar-refractivity contribution in [2.24, 2.45) is 5.92 Å². The average molecular weight is 332 g/mol. The van der Waals surface area contributed by atoms with Gasteiger partial charge in [0.1, 0.15) is 11.9 Å². The summed E-state index contributed by atoms with van der Waals surface area (Å²) in [6.07, 6.45) is 2.90. The third-order valence-electron chi connectivity index (χ3n) is 4.13. The third-order valence-corrected chi connectivity index (χ3v) is 4.13. The SMILES string of the molecule is O=C(NC(C(=O)O)C1CCCOC1)c1cc(F)cc2cccnc12. The van der Waals surface area contributed by atoms with Gasteiger partial charge in [-0.1, -0.05) is 6.07 Å². The van der Waals surface area contributed by atoms with Gasteiger partial charge in [0.25, 0.3) is 5.91 Å². The minimum Gasteiger partial charge on any atom is -0.480 e. The van der Waals surface area contributed by atoms with E-state index in [2.05, 4.69) is 10.3 Å². The molecule has 0 radical (unpaired) electrons. The Morgan fingerprint density at radius 1 is 1.42 bits per heavy atom. The summed E-state index contributed by atoms with van der Waals surface area (Å²) in [4.78, 5) is 28.2. The fourth-order valence-electron chi connectivity index (χ4n) is 2.96. The van der Waals surface area contributed by atoms with Crippen LogP contribution in [0, 0.1) is 11.7 Å². The Morgan fingerprint density at radius 3 is 2.96 bits per heavy atom. The van der Waals surface area contributed by atoms with Gasteiger partial charge in [-0.2, -0.15) is 0 Å². The molecule has 2 N–H and O–H groups in total. The van der Waals surface area contributed by atoms with Gasteiger partial charge in [0.05, 0.1) is 17.7 Å². The molecule has 0 saturated carbocycles. The number of carbonyl (C=O) groups excluding carboxylic acids is 1. The normalized spacial score (nSPS) is 19.0. The van der Waals surface area contributed by atoms with E-state index in [0.29, 0.717) is 23.9 Å². The molecule has 0 bridgehead atoms. The number of carbonyl (C=O) groups is 2. The van der Waals surface area contributed by atoms with Crippen LogP contribution in [-0.2, 0) is 9.53 Å². The van der Waals surface area contributed by atoms with Crippen LogP contribution in [-0.4, -0.2) is 41.2 Å². The van der Waals surface area contributed by atoms with Crippen molar-refractivity contribution in [2.45, 2.75) is 18.9 Å². The van der Waals surface area contributed by atoms with Gasteiger partial charge in [0.15, 0.2) is 0 Å². The Labute approximate surface area is 137 Å². The summed E-state index contributed by atoms with van der Waals surface area (Å²) in [7, 11) is 0. The molecular weight excluding hydrogens is 315 g/mol. The first-order valence-corrected chi connectivity index (χ1v) is 7.72. The summed E-state index contributed by atoms with van der Waals surface area (Å²) in [6.45, 7) is 0.870. The van der Waals surface area contributed by atoms with E-state index in [1.807, 2.05) is 0 Å². The highest BCUT2D eigenvalue weighted by Crippen LogP contribution is 2.21. The molecule has 2 atom stereocenters. The van der Waals surface area contributed by atoms with E-state index in [-0.39, 0.29) is 18.1 Å². The van der Waals surface area contributed by atoms with Crippen molar-refractivity contribution < 1.29 is 23.8 Å². The number of nitrogens with one attached hydrogen (secondary N) is 1. The minimum absolute atomic E-state index is 0.0218. The van der Waals surface area contributed by atoms with Gasteiger partial charge in [-0.15, -0.1) is 0 Å². The molecule has 1 aromatic carbocycles. The van der Waals surface area contributed by atoms with Crippen molar-refractivity contribution in [3.05, 3.63) is 41.8 Å². The molecule has 0 aliphatic carbocycles. The number of nitrogens with zero attached hydrogens (tertiary/aromatic N) is 1. The summed E-state index contributed by atoms with van der Waals surface area (Å²) >= 11 is 0. The number of rotatable bonds is 4. The molecule has 2 unspecified atom stereocenters. The summed E-state index contributed by atoms with van der Waals surface area (Å²) in [6, 6.07) is 4.55. The number of benzene rings is 1. The van der Waals surface area contributed by atoms with Gasteiger partial charge in [0.2, 0.25) is 0 Å². The Balaban J connectivity index is 1.89. The molecule has 2 aromatic rings. The number of amides is 1. The fourth-order valence-corrected chi connectivity index (χ4v) is 2.96. The van der Waals surface area contributed by atoms with Crippen molar-refractivity contribution in [1.82, 2.24) is 10.3 Å². The number of hydrogen-bond acceptors (Lipinski definition) is 4. The van der Waals surface area contributed by atoms with Crippen LogP contribution in [0.3, 0.4) is 0 Å². The van der Waals surface area contributed by atoms with Gasteiger partial charge in [-0.25, -0.2) is 9.18 Å². The molecule has 0 spiro atoms. The maximum atomic E-state index is 13.8. The molecule has 7 heteroatoms. The minimum atomic E-state index is -1.13. The second-order valence-corrected chi connectivity index (χ2v) is 5.80. The number of aliphatic carboxylic acids is 1. The molecule has 1 aromatic heterocycles. The van der Waals surface area contributed by atoms with E-state index in [9.17, 15) is 19.1 Å². The first-order chi connectivity index (χ1) is 11.6. The number of pyridine rings is 1. The Morgan fingerprint density at radius 2 is 2.25 bits per heavy atom. The molecule has 1 saturated heterocycles. The Hall–Kier alpha value is -2.54. The molecule has 1 amide bonds. The van der Waals surface area contributed by atoms with Gasteiger partial charge >= 0.3 is 5.97 Å². The predicted molar refractivity (Wildman–Crippen MR) is 84.1 cm³/mol. The number of carboxylic acid groups (broad SMARTS) is 1. The maximum Gasteiger partial charge on any atom is 0.326 e. The number of hydrogen-bond donors (Lipinski definition) is 2. The zero-order valence-electron chi connectivity index (χ0n) is 12.9. The Kier molecular flexibility index (Phi) is 4.71. The first-order valence-electron chi connectivity index (χ1n) is 7.72. The molecule has 1 aliphatic heterocycles. The van der Waals surface area contributed by atoms with Crippen LogP contribution in [0.25, 0.3) is 10.9 Å². The van der Waals surface area contributed by atoms with Crippen molar-refractivity contribution in [3.8, 4) is 0 Å². The summed E-state index contributed by atoms with van der Waals surface area (Å²) in [5, 5.41) is 12.4. The number of aromatic nitrogens is 1.